The highest BCUT2D eigenvalue weighted by Crippen LogP contribution is 2.17. The van der Waals surface area contributed by atoms with Gasteiger partial charge in [-0.2, -0.15) is 0 Å². The molecule has 0 saturated carbocycles. The number of hydrogen-bond acceptors (Lipinski definition) is 8. The summed E-state index contributed by atoms with van der Waals surface area (Å²) >= 11 is 0. The van der Waals surface area contributed by atoms with Gasteiger partial charge < -0.3 is 30.0 Å². The molecule has 2 amide bonds. The highest BCUT2D eigenvalue weighted by atomic mass is 16.6. The zero-order valence-corrected chi connectivity index (χ0v) is 24.1. The van der Waals surface area contributed by atoms with Crippen molar-refractivity contribution in [3.05, 3.63) is 71.8 Å². The molecule has 0 bridgehead atoms. The van der Waals surface area contributed by atoms with Gasteiger partial charge in [-0.1, -0.05) is 60.7 Å². The molecular weight excluding hydrogens is 498 g/mol. The number of nitrogens with one attached hydrogen (secondary N) is 1. The molecule has 0 aromatic heterocycles. The van der Waals surface area contributed by atoms with Crippen LogP contribution in [-0.2, 0) is 32.2 Å². The summed E-state index contributed by atoms with van der Waals surface area (Å²) < 4.78 is 22.8. The molecule has 9 heteroatoms. The van der Waals surface area contributed by atoms with Crippen molar-refractivity contribution in [1.29, 1.82) is 0 Å². The van der Waals surface area contributed by atoms with Gasteiger partial charge in [-0.15, -0.1) is 0 Å². The van der Waals surface area contributed by atoms with Gasteiger partial charge in [0.05, 0.1) is 32.5 Å². The Morgan fingerprint density at radius 2 is 1.18 bits per heavy atom. The number of carbonyl (C=O) groups excluding carboxylic acids is 2. The van der Waals surface area contributed by atoms with Gasteiger partial charge in [0.25, 0.3) is 0 Å². The van der Waals surface area contributed by atoms with E-state index in [9.17, 15) is 9.59 Å². The van der Waals surface area contributed by atoms with Gasteiger partial charge in [0, 0.05) is 19.1 Å². The van der Waals surface area contributed by atoms with Crippen LogP contribution < -0.4 is 11.1 Å². The van der Waals surface area contributed by atoms with E-state index in [2.05, 4.69) is 5.32 Å². The van der Waals surface area contributed by atoms with Crippen molar-refractivity contribution >= 4 is 12.2 Å². The molecule has 216 valence electrons. The average Bonchev–Trinajstić information content (AvgIpc) is 2.83. The fourth-order valence-electron chi connectivity index (χ4n) is 3.50. The van der Waals surface area contributed by atoms with E-state index in [0.29, 0.717) is 26.4 Å². The third-order valence-corrected chi connectivity index (χ3v) is 5.20. The largest absolute Gasteiger partial charge is 0.443 e. The summed E-state index contributed by atoms with van der Waals surface area (Å²) in [6, 6.07) is 18.5. The number of benzene rings is 2. The van der Waals surface area contributed by atoms with Gasteiger partial charge >= 0.3 is 12.2 Å². The Bertz CT molecular complexity index is 961. The molecule has 0 fully saturated rings. The third kappa shape index (κ3) is 13.6. The van der Waals surface area contributed by atoms with Crippen LogP contribution in [0.5, 0.6) is 0 Å². The van der Waals surface area contributed by atoms with Crippen molar-refractivity contribution in [3.8, 4) is 0 Å². The molecule has 2 rings (SSSR count). The fourth-order valence-corrected chi connectivity index (χ4v) is 3.50. The summed E-state index contributed by atoms with van der Waals surface area (Å²) in [6.07, 6.45) is -1.61. The van der Waals surface area contributed by atoms with Crippen molar-refractivity contribution < 1.29 is 28.5 Å². The van der Waals surface area contributed by atoms with Crippen molar-refractivity contribution in [3.63, 3.8) is 0 Å². The van der Waals surface area contributed by atoms with Gasteiger partial charge in [0.15, 0.2) is 0 Å². The minimum absolute atomic E-state index is 0.0696. The third-order valence-electron chi connectivity index (χ3n) is 5.20. The van der Waals surface area contributed by atoms with E-state index >= 15 is 0 Å². The Kier molecular flexibility index (Phi) is 12.9. The van der Waals surface area contributed by atoms with Crippen LogP contribution in [0.3, 0.4) is 0 Å². The van der Waals surface area contributed by atoms with Crippen molar-refractivity contribution in [2.75, 3.05) is 26.3 Å². The Balaban J connectivity index is 2.07. The SMILES string of the molecule is CC(C)(C)OC(=O)N(C(=O)OC(C)(C)C)C(CNCC(N)COCc1ccccc1)COCc1ccccc1. The lowest BCUT2D eigenvalue weighted by atomic mass is 10.2. The molecule has 0 saturated heterocycles. The summed E-state index contributed by atoms with van der Waals surface area (Å²) in [7, 11) is 0. The second-order valence-electron chi connectivity index (χ2n) is 11.4. The van der Waals surface area contributed by atoms with Gasteiger partial charge in [-0.3, -0.25) is 0 Å². The number of imide groups is 1. The maximum absolute atomic E-state index is 13.2. The highest BCUT2D eigenvalue weighted by molar-refractivity contribution is 5.88. The topological polar surface area (TPSA) is 112 Å². The zero-order valence-electron chi connectivity index (χ0n) is 24.1. The molecular formula is C30H45N3O6. The summed E-state index contributed by atoms with van der Waals surface area (Å²) in [5.41, 5.74) is 6.68. The predicted octanol–water partition coefficient (Wildman–Crippen LogP) is 4.88. The summed E-state index contributed by atoms with van der Waals surface area (Å²) in [5.74, 6) is 0. The maximum Gasteiger partial charge on any atom is 0.420 e. The van der Waals surface area contributed by atoms with Crippen LogP contribution in [0, 0.1) is 0 Å². The molecule has 0 spiro atoms. The van der Waals surface area contributed by atoms with Crippen molar-refractivity contribution in [1.82, 2.24) is 10.2 Å². The lowest BCUT2D eigenvalue weighted by Gasteiger charge is -2.33. The fraction of sp³-hybridized carbons (Fsp3) is 0.533. The van der Waals surface area contributed by atoms with E-state index < -0.39 is 29.4 Å². The molecule has 2 aromatic rings. The molecule has 2 unspecified atom stereocenters. The Labute approximate surface area is 232 Å². The lowest BCUT2D eigenvalue weighted by molar-refractivity contribution is -0.0200. The minimum atomic E-state index is -0.807. The van der Waals surface area contributed by atoms with Crippen LogP contribution in [0.1, 0.15) is 52.7 Å². The first kappa shape index (κ1) is 32.2. The lowest BCUT2D eigenvalue weighted by Crippen LogP contribution is -2.54. The van der Waals surface area contributed by atoms with E-state index in [1.165, 1.54) is 0 Å². The number of rotatable bonds is 13. The van der Waals surface area contributed by atoms with Crippen LogP contribution >= 0.6 is 0 Å². The highest BCUT2D eigenvalue weighted by Gasteiger charge is 2.36. The van der Waals surface area contributed by atoms with E-state index in [0.717, 1.165) is 16.0 Å². The molecule has 2 atom stereocenters. The predicted molar refractivity (Wildman–Crippen MR) is 151 cm³/mol. The van der Waals surface area contributed by atoms with Crippen LogP contribution in [0.25, 0.3) is 0 Å². The van der Waals surface area contributed by atoms with Crippen LogP contribution in [-0.4, -0.2) is 66.7 Å². The number of ether oxygens (including phenoxy) is 4. The van der Waals surface area contributed by atoms with Gasteiger partial charge in [0.1, 0.15) is 11.2 Å². The smallest absolute Gasteiger partial charge is 0.420 e. The number of hydrogen-bond donors (Lipinski definition) is 2. The second kappa shape index (κ2) is 15.6. The summed E-state index contributed by atoms with van der Waals surface area (Å²) in [6.45, 7) is 12.3. The van der Waals surface area contributed by atoms with E-state index in [-0.39, 0.29) is 19.2 Å². The summed E-state index contributed by atoms with van der Waals surface area (Å²) in [4.78, 5) is 27.4. The molecule has 0 heterocycles. The average molecular weight is 544 g/mol. The van der Waals surface area contributed by atoms with Crippen LogP contribution in [0.4, 0.5) is 9.59 Å². The van der Waals surface area contributed by atoms with Crippen LogP contribution in [0.15, 0.2) is 60.7 Å². The quantitative estimate of drug-likeness (QED) is 0.368. The second-order valence-corrected chi connectivity index (χ2v) is 11.4. The number of amides is 2. The van der Waals surface area contributed by atoms with E-state index in [1.54, 1.807) is 41.5 Å². The van der Waals surface area contributed by atoms with Crippen molar-refractivity contribution in [2.45, 2.75) is 78.0 Å². The standard InChI is InChI=1S/C30H45N3O6/c1-29(2,3)38-27(34)33(28(35)39-30(4,5)6)26(22-37-20-24-15-11-8-12-16-24)18-32-17-25(31)21-36-19-23-13-9-7-10-14-23/h7-16,25-26,32H,17-22,31H2,1-6H3. The molecule has 0 aliphatic carbocycles. The van der Waals surface area contributed by atoms with Gasteiger partial charge in [0.2, 0.25) is 0 Å². The van der Waals surface area contributed by atoms with Gasteiger partial charge in [-0.25, -0.2) is 14.5 Å². The van der Waals surface area contributed by atoms with E-state index in [1.807, 2.05) is 60.7 Å². The molecule has 2 aromatic carbocycles. The van der Waals surface area contributed by atoms with E-state index in [4.69, 9.17) is 24.7 Å². The molecule has 0 aliphatic heterocycles. The molecule has 3 N–H and O–H groups in total. The normalized spacial score (nSPS) is 13.4. The van der Waals surface area contributed by atoms with Gasteiger partial charge in [-0.05, 0) is 52.7 Å². The Morgan fingerprint density at radius 3 is 1.62 bits per heavy atom. The number of carbonyl (C=O) groups is 2. The maximum atomic E-state index is 13.2. The molecule has 0 aliphatic rings. The Hall–Kier alpha value is -2.98. The monoisotopic (exact) mass is 543 g/mol. The Morgan fingerprint density at radius 1 is 0.744 bits per heavy atom. The zero-order chi connectivity index (χ0) is 28.9. The minimum Gasteiger partial charge on any atom is -0.443 e. The molecule has 39 heavy (non-hydrogen) atoms. The van der Waals surface area contributed by atoms with Crippen LogP contribution in [0.2, 0.25) is 0 Å². The molecule has 0 radical (unpaired) electrons. The first-order chi connectivity index (χ1) is 18.3. The number of nitrogens with two attached hydrogens (primary N) is 1. The first-order valence-corrected chi connectivity index (χ1v) is 13.3. The van der Waals surface area contributed by atoms with Crippen molar-refractivity contribution in [2.24, 2.45) is 5.73 Å². The number of nitrogens with zero attached hydrogens (tertiary/aromatic N) is 1. The molecule has 9 nitrogen and oxygen atoms in total. The first-order valence-electron chi connectivity index (χ1n) is 13.3. The summed E-state index contributed by atoms with van der Waals surface area (Å²) in [5, 5.41) is 3.26.